The molecule has 0 bridgehead atoms. The average Bonchev–Trinajstić information content (AvgIpc) is 2.97. The second-order valence-electron chi connectivity index (χ2n) is 8.47. The molecule has 0 unspecified atom stereocenters. The smallest absolute Gasteiger partial charge is 0.316 e. The predicted octanol–water partition coefficient (Wildman–Crippen LogP) is 5.55. The van der Waals surface area contributed by atoms with Crippen LogP contribution in [0.25, 0.3) is 10.8 Å². The van der Waals surface area contributed by atoms with Crippen LogP contribution in [0.5, 0.6) is 29.1 Å². The first-order chi connectivity index (χ1) is 19.8. The first-order valence-electron chi connectivity index (χ1n) is 12.3. The molecule has 13 heteroatoms. The van der Waals surface area contributed by atoms with Crippen molar-refractivity contribution in [3.63, 3.8) is 0 Å². The lowest BCUT2D eigenvalue weighted by Gasteiger charge is -2.18. The number of halogens is 1. The molecule has 0 atom stereocenters. The molecule has 41 heavy (non-hydrogen) atoms. The van der Waals surface area contributed by atoms with Crippen molar-refractivity contribution >= 4 is 42.5 Å². The third-order valence-electron chi connectivity index (χ3n) is 5.65. The minimum absolute atomic E-state index is 0.000602. The molecule has 0 saturated heterocycles. The van der Waals surface area contributed by atoms with E-state index in [0.29, 0.717) is 21.4 Å². The molecule has 5 aromatic rings. The topological polar surface area (TPSA) is 135 Å². The summed E-state index contributed by atoms with van der Waals surface area (Å²) in [5.74, 6) is 0.807. The number of anilines is 1. The monoisotopic (exact) mass is 637 g/mol. The molecular formula is C28H24BrN5O6S. The van der Waals surface area contributed by atoms with Crippen molar-refractivity contribution in [1.82, 2.24) is 19.9 Å². The van der Waals surface area contributed by atoms with Crippen molar-refractivity contribution in [2.45, 2.75) is 11.8 Å². The van der Waals surface area contributed by atoms with E-state index in [1.54, 1.807) is 61.8 Å². The SMILES string of the molecule is COc1ccccc1Oc1c(NS(=O)(=O)c2cccc3ccccc23)nc(C)nc1OCCOc1ncc(Br)cn1. The van der Waals surface area contributed by atoms with Crippen LogP contribution in [0.3, 0.4) is 0 Å². The van der Waals surface area contributed by atoms with E-state index in [1.165, 1.54) is 13.2 Å². The molecule has 0 saturated carbocycles. The summed E-state index contributed by atoms with van der Waals surface area (Å²) in [6.45, 7) is 1.71. The minimum atomic E-state index is -4.12. The molecule has 1 N–H and O–H groups in total. The van der Waals surface area contributed by atoms with Crippen LogP contribution in [0.15, 0.2) is 88.5 Å². The maximum atomic E-state index is 13.7. The summed E-state index contributed by atoms with van der Waals surface area (Å²) in [7, 11) is -2.62. The zero-order chi connectivity index (χ0) is 28.8. The van der Waals surface area contributed by atoms with Crippen molar-refractivity contribution in [1.29, 1.82) is 0 Å². The fourth-order valence-corrected chi connectivity index (χ4v) is 5.31. The number of sulfonamides is 1. The van der Waals surface area contributed by atoms with Gasteiger partial charge in [0.15, 0.2) is 17.3 Å². The van der Waals surface area contributed by atoms with E-state index in [9.17, 15) is 8.42 Å². The van der Waals surface area contributed by atoms with Crippen molar-refractivity contribution in [2.75, 3.05) is 25.0 Å². The van der Waals surface area contributed by atoms with E-state index in [2.05, 4.69) is 40.6 Å². The number of rotatable bonds is 11. The molecular weight excluding hydrogens is 614 g/mol. The van der Waals surface area contributed by atoms with Gasteiger partial charge < -0.3 is 18.9 Å². The van der Waals surface area contributed by atoms with Crippen LogP contribution in [-0.4, -0.2) is 48.7 Å². The van der Waals surface area contributed by atoms with Gasteiger partial charge in [-0.25, -0.2) is 23.4 Å². The molecule has 0 fully saturated rings. The summed E-state index contributed by atoms with van der Waals surface area (Å²) in [4.78, 5) is 16.9. The van der Waals surface area contributed by atoms with E-state index in [0.717, 1.165) is 5.39 Å². The number of fused-ring (bicyclic) bond motifs is 1. The van der Waals surface area contributed by atoms with Gasteiger partial charge in [-0.15, -0.1) is 0 Å². The van der Waals surface area contributed by atoms with Crippen molar-refractivity contribution in [2.24, 2.45) is 0 Å². The predicted molar refractivity (Wildman–Crippen MR) is 155 cm³/mol. The highest BCUT2D eigenvalue weighted by Crippen LogP contribution is 2.40. The van der Waals surface area contributed by atoms with Crippen LogP contribution >= 0.6 is 15.9 Å². The normalized spacial score (nSPS) is 11.2. The van der Waals surface area contributed by atoms with Gasteiger partial charge in [0.05, 0.1) is 16.5 Å². The molecule has 2 aromatic heterocycles. The van der Waals surface area contributed by atoms with Crippen molar-refractivity contribution in [3.8, 4) is 29.1 Å². The third kappa shape index (κ3) is 6.64. The summed E-state index contributed by atoms with van der Waals surface area (Å²) < 4.78 is 53.6. The van der Waals surface area contributed by atoms with E-state index in [1.807, 2.05) is 18.2 Å². The van der Waals surface area contributed by atoms with Crippen LogP contribution in [0.1, 0.15) is 5.82 Å². The molecule has 0 radical (unpaired) electrons. The lowest BCUT2D eigenvalue weighted by Crippen LogP contribution is -2.17. The fraction of sp³-hybridized carbons (Fsp3) is 0.143. The Morgan fingerprint density at radius 2 is 1.54 bits per heavy atom. The van der Waals surface area contributed by atoms with Gasteiger partial charge in [-0.3, -0.25) is 4.72 Å². The molecule has 0 aliphatic heterocycles. The maximum Gasteiger partial charge on any atom is 0.316 e. The average molecular weight is 639 g/mol. The number of ether oxygens (including phenoxy) is 4. The number of aryl methyl sites for hydroxylation is 1. The fourth-order valence-electron chi connectivity index (χ4n) is 3.87. The highest BCUT2D eigenvalue weighted by Gasteiger charge is 2.25. The standard InChI is InChI=1S/C28H24BrN5O6S/c1-18-32-26(34-41(35,36)24-13-7-9-19-8-3-4-10-21(19)24)25(40-23-12-6-5-11-22(23)37-2)27(33-18)38-14-15-39-28-30-16-20(29)17-31-28/h3-13,16-17H,14-15H2,1-2H3,(H,32,33,34). The minimum Gasteiger partial charge on any atom is -0.493 e. The highest BCUT2D eigenvalue weighted by atomic mass is 79.9. The number of hydrogen-bond donors (Lipinski definition) is 1. The zero-order valence-electron chi connectivity index (χ0n) is 21.9. The Morgan fingerprint density at radius 3 is 2.32 bits per heavy atom. The number of aromatic nitrogens is 4. The molecule has 11 nitrogen and oxygen atoms in total. The van der Waals surface area contributed by atoms with Gasteiger partial charge >= 0.3 is 6.01 Å². The second-order valence-corrected chi connectivity index (χ2v) is 11.0. The third-order valence-corrected chi connectivity index (χ3v) is 7.45. The van der Waals surface area contributed by atoms with Gasteiger partial charge in [0.2, 0.25) is 5.75 Å². The lowest BCUT2D eigenvalue weighted by molar-refractivity contribution is 0.197. The van der Waals surface area contributed by atoms with Gasteiger partial charge in [0.25, 0.3) is 15.9 Å². The summed E-state index contributed by atoms with van der Waals surface area (Å²) in [6.07, 6.45) is 3.12. The number of nitrogens with one attached hydrogen (secondary N) is 1. The van der Waals surface area contributed by atoms with Crippen LogP contribution in [0.4, 0.5) is 5.82 Å². The molecule has 3 aromatic carbocycles. The van der Waals surface area contributed by atoms with Crippen molar-refractivity contribution < 1.29 is 27.4 Å². The molecule has 0 aliphatic rings. The summed E-state index contributed by atoms with van der Waals surface area (Å²) in [6, 6.07) is 19.3. The highest BCUT2D eigenvalue weighted by molar-refractivity contribution is 9.10. The molecule has 2 heterocycles. The van der Waals surface area contributed by atoms with Gasteiger partial charge in [0, 0.05) is 17.8 Å². The van der Waals surface area contributed by atoms with E-state index < -0.39 is 10.0 Å². The number of nitrogens with zero attached hydrogens (tertiary/aromatic N) is 4. The lowest BCUT2D eigenvalue weighted by atomic mass is 10.1. The second kappa shape index (κ2) is 12.4. The first kappa shape index (κ1) is 28.1. The van der Waals surface area contributed by atoms with Gasteiger partial charge in [-0.1, -0.05) is 48.5 Å². The number of methoxy groups -OCH3 is 1. The van der Waals surface area contributed by atoms with Gasteiger partial charge in [0.1, 0.15) is 19.0 Å². The Bertz CT molecular complexity index is 1780. The van der Waals surface area contributed by atoms with Crippen LogP contribution < -0.4 is 23.7 Å². The van der Waals surface area contributed by atoms with Crippen molar-refractivity contribution in [3.05, 3.63) is 89.4 Å². The number of para-hydroxylation sites is 2. The maximum absolute atomic E-state index is 13.7. The molecule has 0 spiro atoms. The summed E-state index contributed by atoms with van der Waals surface area (Å²) in [5.41, 5.74) is 0. The van der Waals surface area contributed by atoms with Crippen LogP contribution in [0.2, 0.25) is 0 Å². The number of hydrogen-bond acceptors (Lipinski definition) is 10. The Morgan fingerprint density at radius 1 is 0.854 bits per heavy atom. The zero-order valence-corrected chi connectivity index (χ0v) is 24.3. The number of benzene rings is 3. The Labute approximate surface area is 244 Å². The summed E-state index contributed by atoms with van der Waals surface area (Å²) >= 11 is 3.27. The molecule has 0 aliphatic carbocycles. The first-order valence-corrected chi connectivity index (χ1v) is 14.5. The van der Waals surface area contributed by atoms with E-state index in [4.69, 9.17) is 18.9 Å². The Kier molecular flexibility index (Phi) is 8.45. The van der Waals surface area contributed by atoms with Gasteiger partial charge in [-0.05, 0) is 46.4 Å². The van der Waals surface area contributed by atoms with Crippen LogP contribution in [0, 0.1) is 6.92 Å². The van der Waals surface area contributed by atoms with E-state index in [-0.39, 0.29) is 47.4 Å². The summed E-state index contributed by atoms with van der Waals surface area (Å²) in [5, 5.41) is 1.34. The molecule has 210 valence electrons. The Balaban J connectivity index is 1.49. The molecule has 0 amide bonds. The largest absolute Gasteiger partial charge is 0.493 e. The van der Waals surface area contributed by atoms with E-state index >= 15 is 0 Å². The Hall–Kier alpha value is -4.49. The van der Waals surface area contributed by atoms with Crippen LogP contribution in [-0.2, 0) is 10.0 Å². The quantitative estimate of drug-likeness (QED) is 0.184. The van der Waals surface area contributed by atoms with Gasteiger partial charge in [-0.2, -0.15) is 4.98 Å². The molecule has 5 rings (SSSR count).